The standard InChI is InChI=1S/C13H20F3N3O2/c14-13(15,16)10-3-1-6-19(9-10)12(21)11(20)18-7-2-4-17-5-8-18/h10,17H,1-9H2. The lowest BCUT2D eigenvalue weighted by molar-refractivity contribution is -0.189. The molecule has 2 heterocycles. The first-order chi connectivity index (χ1) is 9.89. The van der Waals surface area contributed by atoms with Gasteiger partial charge in [0.25, 0.3) is 0 Å². The fourth-order valence-corrected chi connectivity index (χ4v) is 2.75. The van der Waals surface area contributed by atoms with Crippen molar-refractivity contribution in [2.45, 2.75) is 25.4 Å². The molecule has 8 heteroatoms. The van der Waals surface area contributed by atoms with Crippen molar-refractivity contribution >= 4 is 11.8 Å². The molecule has 2 rings (SSSR count). The van der Waals surface area contributed by atoms with Gasteiger partial charge >= 0.3 is 18.0 Å². The van der Waals surface area contributed by atoms with Gasteiger partial charge in [-0.1, -0.05) is 0 Å². The van der Waals surface area contributed by atoms with E-state index in [0.717, 1.165) is 17.9 Å². The molecule has 2 fully saturated rings. The molecule has 0 aromatic heterocycles. The summed E-state index contributed by atoms with van der Waals surface area (Å²) in [5.74, 6) is -3.00. The molecule has 0 radical (unpaired) electrons. The SMILES string of the molecule is O=C(C(=O)N1CCCC(C(F)(F)F)C1)N1CCCNCC1. The van der Waals surface area contributed by atoms with Gasteiger partial charge in [0.1, 0.15) is 0 Å². The van der Waals surface area contributed by atoms with Crippen LogP contribution in [-0.2, 0) is 9.59 Å². The van der Waals surface area contributed by atoms with Gasteiger partial charge in [-0.15, -0.1) is 0 Å². The molecule has 1 N–H and O–H groups in total. The van der Waals surface area contributed by atoms with E-state index in [9.17, 15) is 22.8 Å². The van der Waals surface area contributed by atoms with E-state index in [1.165, 1.54) is 4.90 Å². The zero-order valence-corrected chi connectivity index (χ0v) is 11.8. The van der Waals surface area contributed by atoms with Crippen molar-refractivity contribution in [1.29, 1.82) is 0 Å². The molecular weight excluding hydrogens is 287 g/mol. The lowest BCUT2D eigenvalue weighted by atomic mass is 9.97. The Labute approximate surface area is 121 Å². The Balaban J connectivity index is 1.96. The summed E-state index contributed by atoms with van der Waals surface area (Å²) in [4.78, 5) is 26.7. The van der Waals surface area contributed by atoms with Gasteiger partial charge in [-0.2, -0.15) is 13.2 Å². The summed E-state index contributed by atoms with van der Waals surface area (Å²) >= 11 is 0. The molecule has 1 unspecified atom stereocenters. The molecule has 21 heavy (non-hydrogen) atoms. The van der Waals surface area contributed by atoms with Gasteiger partial charge in [0.2, 0.25) is 0 Å². The topological polar surface area (TPSA) is 52.7 Å². The smallest absolute Gasteiger partial charge is 0.334 e. The zero-order valence-electron chi connectivity index (χ0n) is 11.8. The van der Waals surface area contributed by atoms with Crippen LogP contribution in [0.3, 0.4) is 0 Å². The van der Waals surface area contributed by atoms with Gasteiger partial charge in [-0.3, -0.25) is 9.59 Å². The molecular formula is C13H20F3N3O2. The van der Waals surface area contributed by atoms with Gasteiger partial charge in [-0.05, 0) is 25.8 Å². The maximum absolute atomic E-state index is 12.7. The Kier molecular flexibility index (Phi) is 5.08. The average molecular weight is 307 g/mol. The van der Waals surface area contributed by atoms with Gasteiger partial charge < -0.3 is 15.1 Å². The first-order valence-electron chi connectivity index (χ1n) is 7.25. The predicted molar refractivity (Wildman–Crippen MR) is 69.4 cm³/mol. The number of likely N-dealkylation sites (tertiary alicyclic amines) is 1. The Morgan fingerprint density at radius 2 is 1.62 bits per heavy atom. The van der Waals surface area contributed by atoms with Gasteiger partial charge in [0, 0.05) is 32.7 Å². The molecule has 0 aliphatic carbocycles. The number of amides is 2. The largest absolute Gasteiger partial charge is 0.393 e. The van der Waals surface area contributed by atoms with Gasteiger partial charge in [0.15, 0.2) is 0 Å². The molecule has 0 bridgehead atoms. The van der Waals surface area contributed by atoms with Crippen molar-refractivity contribution < 1.29 is 22.8 Å². The number of carbonyl (C=O) groups is 2. The number of hydrogen-bond acceptors (Lipinski definition) is 3. The van der Waals surface area contributed by atoms with Crippen LogP contribution in [0.5, 0.6) is 0 Å². The Hall–Kier alpha value is -1.31. The summed E-state index contributed by atoms with van der Waals surface area (Å²) in [5.41, 5.74) is 0. The third kappa shape index (κ3) is 4.09. The molecule has 2 aliphatic heterocycles. The normalized spacial score (nSPS) is 24.6. The monoisotopic (exact) mass is 307 g/mol. The first kappa shape index (κ1) is 16.1. The van der Waals surface area contributed by atoms with Gasteiger partial charge in [0.05, 0.1) is 5.92 Å². The van der Waals surface area contributed by atoms with Crippen LogP contribution in [0.4, 0.5) is 13.2 Å². The molecule has 2 aliphatic rings. The second-order valence-electron chi connectivity index (χ2n) is 5.53. The van der Waals surface area contributed by atoms with E-state index >= 15 is 0 Å². The zero-order chi connectivity index (χ0) is 15.5. The number of nitrogens with zero attached hydrogens (tertiary/aromatic N) is 2. The third-order valence-electron chi connectivity index (χ3n) is 3.98. The lowest BCUT2D eigenvalue weighted by Gasteiger charge is -2.34. The predicted octanol–water partition coefficient (Wildman–Crippen LogP) is 0.609. The van der Waals surface area contributed by atoms with E-state index in [1.54, 1.807) is 0 Å². The molecule has 2 amide bonds. The minimum absolute atomic E-state index is 0.0229. The molecule has 120 valence electrons. The van der Waals surface area contributed by atoms with Crippen LogP contribution in [0.1, 0.15) is 19.3 Å². The van der Waals surface area contributed by atoms with Crippen LogP contribution in [-0.4, -0.2) is 67.1 Å². The van der Waals surface area contributed by atoms with E-state index in [1.807, 2.05) is 0 Å². The number of piperidine rings is 1. The second kappa shape index (κ2) is 6.64. The molecule has 5 nitrogen and oxygen atoms in total. The molecule has 1 atom stereocenters. The molecule has 0 saturated carbocycles. The molecule has 2 saturated heterocycles. The first-order valence-corrected chi connectivity index (χ1v) is 7.25. The summed E-state index contributed by atoms with van der Waals surface area (Å²) in [5, 5.41) is 3.11. The number of halogens is 3. The Morgan fingerprint density at radius 3 is 2.33 bits per heavy atom. The van der Waals surface area contributed by atoms with E-state index in [-0.39, 0.29) is 19.4 Å². The number of hydrogen-bond donors (Lipinski definition) is 1. The van der Waals surface area contributed by atoms with Crippen LogP contribution < -0.4 is 5.32 Å². The van der Waals surface area contributed by atoms with Crippen molar-refractivity contribution in [2.75, 3.05) is 39.3 Å². The number of nitrogens with one attached hydrogen (secondary N) is 1. The summed E-state index contributed by atoms with van der Waals surface area (Å²) in [7, 11) is 0. The lowest BCUT2D eigenvalue weighted by Crippen LogP contribution is -2.51. The van der Waals surface area contributed by atoms with E-state index in [4.69, 9.17) is 0 Å². The van der Waals surface area contributed by atoms with Crippen LogP contribution in [0.2, 0.25) is 0 Å². The fourth-order valence-electron chi connectivity index (χ4n) is 2.75. The summed E-state index contributed by atoms with van der Waals surface area (Å²) < 4.78 is 38.2. The van der Waals surface area contributed by atoms with E-state index < -0.39 is 30.5 Å². The van der Waals surface area contributed by atoms with Crippen molar-refractivity contribution in [1.82, 2.24) is 15.1 Å². The van der Waals surface area contributed by atoms with E-state index in [2.05, 4.69) is 5.32 Å². The Morgan fingerprint density at radius 1 is 0.952 bits per heavy atom. The van der Waals surface area contributed by atoms with E-state index in [0.29, 0.717) is 19.6 Å². The highest BCUT2D eigenvalue weighted by Crippen LogP contribution is 2.33. The van der Waals surface area contributed by atoms with Gasteiger partial charge in [-0.25, -0.2) is 0 Å². The summed E-state index contributed by atoms with van der Waals surface area (Å²) in [6.45, 7) is 2.08. The highest BCUT2D eigenvalue weighted by Gasteiger charge is 2.43. The average Bonchev–Trinajstić information content (AvgIpc) is 2.74. The van der Waals surface area contributed by atoms with Crippen molar-refractivity contribution in [3.63, 3.8) is 0 Å². The summed E-state index contributed by atoms with van der Waals surface area (Å²) in [6.07, 6.45) is -3.27. The number of carbonyl (C=O) groups excluding carboxylic acids is 2. The van der Waals surface area contributed by atoms with Crippen LogP contribution in [0, 0.1) is 5.92 Å². The van der Waals surface area contributed by atoms with Crippen LogP contribution in [0.15, 0.2) is 0 Å². The van der Waals surface area contributed by atoms with Crippen molar-refractivity contribution in [3.8, 4) is 0 Å². The quantitative estimate of drug-likeness (QED) is 0.667. The molecule has 0 aromatic rings. The molecule has 0 aromatic carbocycles. The van der Waals surface area contributed by atoms with Crippen molar-refractivity contribution in [3.05, 3.63) is 0 Å². The second-order valence-corrected chi connectivity index (χ2v) is 5.53. The third-order valence-corrected chi connectivity index (χ3v) is 3.98. The minimum atomic E-state index is -4.31. The minimum Gasteiger partial charge on any atom is -0.334 e. The Bertz CT molecular complexity index is 393. The molecule has 0 spiro atoms. The number of rotatable bonds is 0. The number of alkyl halides is 3. The fraction of sp³-hybridized carbons (Fsp3) is 0.846. The van der Waals surface area contributed by atoms with Crippen LogP contribution >= 0.6 is 0 Å². The maximum Gasteiger partial charge on any atom is 0.393 e. The summed E-state index contributed by atoms with van der Waals surface area (Å²) in [6, 6.07) is 0. The van der Waals surface area contributed by atoms with Crippen molar-refractivity contribution in [2.24, 2.45) is 5.92 Å². The highest BCUT2D eigenvalue weighted by molar-refractivity contribution is 6.34. The van der Waals surface area contributed by atoms with Crippen LogP contribution in [0.25, 0.3) is 0 Å². The highest BCUT2D eigenvalue weighted by atomic mass is 19.4. The maximum atomic E-state index is 12.7.